The minimum atomic E-state index is -0.630. The van der Waals surface area contributed by atoms with Gasteiger partial charge in [0.1, 0.15) is 12.6 Å². The molecule has 64 valence electrons. The standard InChI is InChI=1S/C7H13NO3/c1-5(2)6(8)7(10)11-4-3-9/h3,5-6H,4,8H2,1-2H3/t6-/m0/s1. The average molecular weight is 159 g/mol. The maximum atomic E-state index is 10.8. The Morgan fingerprint density at radius 2 is 2.18 bits per heavy atom. The van der Waals surface area contributed by atoms with Crippen LogP contribution in [0.15, 0.2) is 0 Å². The van der Waals surface area contributed by atoms with Crippen molar-refractivity contribution in [3.63, 3.8) is 0 Å². The number of carbonyl (C=O) groups is 2. The van der Waals surface area contributed by atoms with Crippen LogP contribution in [0.1, 0.15) is 13.8 Å². The molecular formula is C7H13NO3. The van der Waals surface area contributed by atoms with E-state index in [0.29, 0.717) is 6.29 Å². The predicted molar refractivity (Wildman–Crippen MR) is 39.8 cm³/mol. The zero-order valence-corrected chi connectivity index (χ0v) is 6.74. The van der Waals surface area contributed by atoms with Crippen molar-refractivity contribution in [1.82, 2.24) is 0 Å². The van der Waals surface area contributed by atoms with Gasteiger partial charge < -0.3 is 10.5 Å². The van der Waals surface area contributed by atoms with E-state index in [9.17, 15) is 9.59 Å². The summed E-state index contributed by atoms with van der Waals surface area (Å²) in [4.78, 5) is 20.6. The van der Waals surface area contributed by atoms with Crippen LogP contribution in [-0.4, -0.2) is 24.9 Å². The SMILES string of the molecule is CC(C)[C@H](N)C(=O)OCC=O. The van der Waals surface area contributed by atoms with Gasteiger partial charge in [-0.3, -0.25) is 9.59 Å². The van der Waals surface area contributed by atoms with Gasteiger partial charge in [0.25, 0.3) is 0 Å². The highest BCUT2D eigenvalue weighted by atomic mass is 16.5. The second kappa shape index (κ2) is 4.85. The first-order valence-corrected chi connectivity index (χ1v) is 3.45. The molecule has 0 heterocycles. The first-order chi connectivity index (χ1) is 5.09. The molecular weight excluding hydrogens is 146 g/mol. The van der Waals surface area contributed by atoms with E-state index in [-0.39, 0.29) is 12.5 Å². The molecule has 0 aromatic carbocycles. The number of hydrogen-bond donors (Lipinski definition) is 1. The average Bonchev–Trinajstić information content (AvgIpc) is 1.98. The molecule has 0 spiro atoms. The fourth-order valence-corrected chi connectivity index (χ4v) is 0.485. The van der Waals surface area contributed by atoms with Gasteiger partial charge in [0, 0.05) is 0 Å². The van der Waals surface area contributed by atoms with Crippen molar-refractivity contribution in [1.29, 1.82) is 0 Å². The number of esters is 1. The van der Waals surface area contributed by atoms with Gasteiger partial charge in [0.15, 0.2) is 6.29 Å². The largest absolute Gasteiger partial charge is 0.457 e. The number of ether oxygens (including phenoxy) is 1. The summed E-state index contributed by atoms with van der Waals surface area (Å²) in [5.41, 5.74) is 5.41. The Morgan fingerprint density at radius 1 is 1.64 bits per heavy atom. The summed E-state index contributed by atoms with van der Waals surface area (Å²) in [6, 6.07) is -0.630. The molecule has 0 radical (unpaired) electrons. The third-order valence-corrected chi connectivity index (χ3v) is 1.28. The summed E-state index contributed by atoms with van der Waals surface area (Å²) in [7, 11) is 0. The molecule has 0 aromatic heterocycles. The van der Waals surface area contributed by atoms with Crippen LogP contribution >= 0.6 is 0 Å². The van der Waals surface area contributed by atoms with Crippen molar-refractivity contribution in [2.45, 2.75) is 19.9 Å². The normalized spacial score (nSPS) is 12.7. The van der Waals surface area contributed by atoms with E-state index < -0.39 is 12.0 Å². The maximum Gasteiger partial charge on any atom is 0.323 e. The topological polar surface area (TPSA) is 69.4 Å². The van der Waals surface area contributed by atoms with Crippen molar-refractivity contribution in [2.75, 3.05) is 6.61 Å². The van der Waals surface area contributed by atoms with E-state index in [1.165, 1.54) is 0 Å². The zero-order chi connectivity index (χ0) is 8.85. The molecule has 1 atom stereocenters. The monoisotopic (exact) mass is 159 g/mol. The van der Waals surface area contributed by atoms with Gasteiger partial charge in [-0.2, -0.15) is 0 Å². The Bertz CT molecular complexity index is 145. The lowest BCUT2D eigenvalue weighted by Crippen LogP contribution is -2.37. The highest BCUT2D eigenvalue weighted by Crippen LogP contribution is 1.99. The molecule has 0 bridgehead atoms. The van der Waals surface area contributed by atoms with Crippen molar-refractivity contribution in [3.8, 4) is 0 Å². The molecule has 0 saturated carbocycles. The predicted octanol–water partition coefficient (Wildman–Crippen LogP) is -0.288. The van der Waals surface area contributed by atoms with E-state index in [4.69, 9.17) is 5.73 Å². The molecule has 0 amide bonds. The van der Waals surface area contributed by atoms with Gasteiger partial charge in [-0.05, 0) is 5.92 Å². The van der Waals surface area contributed by atoms with Crippen molar-refractivity contribution >= 4 is 12.3 Å². The second-order valence-electron chi connectivity index (χ2n) is 2.57. The van der Waals surface area contributed by atoms with Gasteiger partial charge in [-0.15, -0.1) is 0 Å². The highest BCUT2D eigenvalue weighted by molar-refractivity contribution is 5.77. The van der Waals surface area contributed by atoms with Crippen molar-refractivity contribution in [3.05, 3.63) is 0 Å². The Labute approximate surface area is 65.7 Å². The summed E-state index contributed by atoms with van der Waals surface area (Å²) >= 11 is 0. The molecule has 0 aromatic rings. The first-order valence-electron chi connectivity index (χ1n) is 3.45. The molecule has 0 unspecified atom stereocenters. The van der Waals surface area contributed by atoms with Crippen LogP contribution in [0.25, 0.3) is 0 Å². The van der Waals surface area contributed by atoms with Crippen LogP contribution in [-0.2, 0) is 14.3 Å². The molecule has 0 aliphatic heterocycles. The summed E-state index contributed by atoms with van der Waals surface area (Å²) in [5, 5.41) is 0. The Morgan fingerprint density at radius 3 is 2.55 bits per heavy atom. The van der Waals surface area contributed by atoms with E-state index >= 15 is 0 Å². The van der Waals surface area contributed by atoms with Crippen LogP contribution in [0.2, 0.25) is 0 Å². The lowest BCUT2D eigenvalue weighted by molar-refractivity contribution is -0.148. The summed E-state index contributed by atoms with van der Waals surface area (Å²) in [5.74, 6) is -0.485. The van der Waals surface area contributed by atoms with Gasteiger partial charge in [-0.25, -0.2) is 0 Å². The fourth-order valence-electron chi connectivity index (χ4n) is 0.485. The minimum Gasteiger partial charge on any atom is -0.457 e. The summed E-state index contributed by atoms with van der Waals surface area (Å²) in [6.45, 7) is 3.42. The molecule has 0 aliphatic carbocycles. The maximum absolute atomic E-state index is 10.8. The molecule has 4 heteroatoms. The quantitative estimate of drug-likeness (QED) is 0.452. The molecule has 0 aliphatic rings. The van der Waals surface area contributed by atoms with Crippen LogP contribution in [0.4, 0.5) is 0 Å². The van der Waals surface area contributed by atoms with E-state index in [1.54, 1.807) is 0 Å². The zero-order valence-electron chi connectivity index (χ0n) is 6.74. The number of carbonyl (C=O) groups excluding carboxylic acids is 2. The fraction of sp³-hybridized carbons (Fsp3) is 0.714. The number of rotatable bonds is 4. The van der Waals surface area contributed by atoms with Crippen LogP contribution in [0.5, 0.6) is 0 Å². The molecule has 11 heavy (non-hydrogen) atoms. The Kier molecular flexibility index (Phi) is 4.45. The molecule has 0 fully saturated rings. The molecule has 4 nitrogen and oxygen atoms in total. The molecule has 0 saturated heterocycles. The van der Waals surface area contributed by atoms with Crippen molar-refractivity contribution in [2.24, 2.45) is 11.7 Å². The lowest BCUT2D eigenvalue weighted by atomic mass is 10.1. The Hall–Kier alpha value is -0.900. The lowest BCUT2D eigenvalue weighted by Gasteiger charge is -2.12. The number of hydrogen-bond acceptors (Lipinski definition) is 4. The summed E-state index contributed by atoms with van der Waals surface area (Å²) in [6.07, 6.45) is 0.519. The minimum absolute atomic E-state index is 0.0363. The molecule has 2 N–H and O–H groups in total. The first kappa shape index (κ1) is 10.1. The van der Waals surface area contributed by atoms with Gasteiger partial charge in [0.05, 0.1) is 0 Å². The van der Waals surface area contributed by atoms with Crippen LogP contribution in [0, 0.1) is 5.92 Å². The van der Waals surface area contributed by atoms with E-state index in [0.717, 1.165) is 0 Å². The summed E-state index contributed by atoms with van der Waals surface area (Å²) < 4.78 is 4.48. The highest BCUT2D eigenvalue weighted by Gasteiger charge is 2.17. The smallest absolute Gasteiger partial charge is 0.323 e. The third kappa shape index (κ3) is 3.72. The van der Waals surface area contributed by atoms with Gasteiger partial charge in [-0.1, -0.05) is 13.8 Å². The number of aldehydes is 1. The third-order valence-electron chi connectivity index (χ3n) is 1.28. The Balaban J connectivity index is 3.73. The van der Waals surface area contributed by atoms with Gasteiger partial charge >= 0.3 is 5.97 Å². The van der Waals surface area contributed by atoms with Crippen LogP contribution in [0.3, 0.4) is 0 Å². The molecule has 0 rings (SSSR count). The second-order valence-corrected chi connectivity index (χ2v) is 2.57. The van der Waals surface area contributed by atoms with E-state index in [2.05, 4.69) is 4.74 Å². The number of nitrogens with two attached hydrogens (primary N) is 1. The van der Waals surface area contributed by atoms with Gasteiger partial charge in [0.2, 0.25) is 0 Å². The van der Waals surface area contributed by atoms with Crippen molar-refractivity contribution < 1.29 is 14.3 Å². The van der Waals surface area contributed by atoms with E-state index in [1.807, 2.05) is 13.8 Å². The van der Waals surface area contributed by atoms with Crippen LogP contribution < -0.4 is 5.73 Å².